The Hall–Kier alpha value is -3.22. The summed E-state index contributed by atoms with van der Waals surface area (Å²) in [4.78, 5) is 0. The van der Waals surface area contributed by atoms with Crippen LogP contribution in [0.5, 0.6) is 0 Å². The minimum atomic E-state index is 0. The first-order valence-electron chi connectivity index (χ1n) is 22.9. The van der Waals surface area contributed by atoms with Crippen LogP contribution < -0.4 is 24.8 Å². The standard InChI is InChI=1S/C33H33.C17H23.C9H10.2ClH.Zr/c1-32(2,3)30-20-26-24(18-28(30)22-13-9-7-10-14-22)17-25-19-29(23-15-11-8-12-16-23)31(21-27(25)26)33(4,5)6;1-11-3-4-14(5-11)17(2)15-7-12-6-13(9-15)10-16(17)8-12;1-2-6-9-7-4-3-5-8-9;;;/h7-21H,1-6H3;4-5,11-13,15-16H,6-10H2,1-2H3;3-5,7-8H,2H2,1H3;2*1H;/q2*-1;;;;+2/p-2. The summed E-state index contributed by atoms with van der Waals surface area (Å²) in [6, 6.07) is 44.3. The molecule has 0 saturated heterocycles. The zero-order valence-electron chi connectivity index (χ0n) is 38.6. The molecule has 4 bridgehead atoms. The zero-order valence-corrected chi connectivity index (χ0v) is 42.6. The van der Waals surface area contributed by atoms with Crippen molar-refractivity contribution in [1.82, 2.24) is 0 Å². The van der Waals surface area contributed by atoms with E-state index in [1.165, 1.54) is 117 Å². The van der Waals surface area contributed by atoms with E-state index in [0.29, 0.717) is 11.3 Å². The number of allylic oxidation sites excluding steroid dienone is 4. The van der Waals surface area contributed by atoms with Crippen LogP contribution in [-0.2, 0) is 35.1 Å². The molecule has 0 heterocycles. The summed E-state index contributed by atoms with van der Waals surface area (Å²) < 4.78 is 1.55. The van der Waals surface area contributed by atoms with Crippen molar-refractivity contribution in [3.8, 4) is 22.3 Å². The van der Waals surface area contributed by atoms with Crippen LogP contribution in [0.25, 0.3) is 43.8 Å². The molecule has 6 aromatic carbocycles. The molecule has 4 saturated carbocycles. The van der Waals surface area contributed by atoms with Gasteiger partial charge >= 0.3 is 76.7 Å². The number of hydrogen-bond acceptors (Lipinski definition) is 0. The van der Waals surface area contributed by atoms with E-state index < -0.39 is 0 Å². The molecular weight excluding hydrogens is 871 g/mol. The van der Waals surface area contributed by atoms with Crippen LogP contribution in [0.3, 0.4) is 0 Å². The minimum Gasteiger partial charge on any atom is -1.00 e. The fraction of sp³-hybridized carbons (Fsp3) is 0.390. The van der Waals surface area contributed by atoms with Crippen LogP contribution in [0.4, 0.5) is 0 Å². The summed E-state index contributed by atoms with van der Waals surface area (Å²) in [7, 11) is 0. The van der Waals surface area contributed by atoms with E-state index in [9.17, 15) is 0 Å². The molecule has 11 rings (SSSR count). The van der Waals surface area contributed by atoms with Crippen molar-refractivity contribution in [3.05, 3.63) is 162 Å². The molecule has 1 unspecified atom stereocenters. The Bertz CT molecular complexity index is 2380. The van der Waals surface area contributed by atoms with Gasteiger partial charge < -0.3 is 24.8 Å². The third-order valence-electron chi connectivity index (χ3n) is 14.6. The van der Waals surface area contributed by atoms with Crippen molar-refractivity contribution in [2.24, 2.45) is 35.0 Å². The summed E-state index contributed by atoms with van der Waals surface area (Å²) in [6.45, 7) is 21.0. The second-order valence-corrected chi connectivity index (χ2v) is 22.3. The number of halogens is 2. The SMILES string of the molecule is CC(C)(C)c1cc2c(cc1-c1ccccc1)[cH-]c1cc(-c3ccccc3)c(C(C)(C)C)cc12.CC1[C-]=CC(C2(C)C3CC4CC(C3)CC2C4)=C1.CC[C](=[Zr+2])c1ccccc1.[Cl-].[Cl-]. The van der Waals surface area contributed by atoms with Gasteiger partial charge in [0.1, 0.15) is 0 Å². The fourth-order valence-corrected chi connectivity index (χ4v) is 11.9. The summed E-state index contributed by atoms with van der Waals surface area (Å²) >= 11 is 1.54. The Morgan fingerprint density at radius 3 is 1.44 bits per heavy atom. The zero-order chi connectivity index (χ0) is 42.4. The Morgan fingerprint density at radius 1 is 0.645 bits per heavy atom. The number of rotatable bonds is 5. The van der Waals surface area contributed by atoms with Gasteiger partial charge in [-0.15, -0.1) is 39.7 Å². The molecule has 0 aromatic heterocycles. The van der Waals surface area contributed by atoms with Crippen LogP contribution in [0.1, 0.15) is 118 Å². The van der Waals surface area contributed by atoms with Crippen molar-refractivity contribution in [3.63, 3.8) is 0 Å². The second kappa shape index (κ2) is 19.5. The molecule has 5 aliphatic carbocycles. The predicted molar refractivity (Wildman–Crippen MR) is 256 cm³/mol. The first kappa shape index (κ1) is 48.2. The van der Waals surface area contributed by atoms with Crippen LogP contribution in [0.2, 0.25) is 0 Å². The summed E-state index contributed by atoms with van der Waals surface area (Å²) in [5.41, 5.74) is 11.7. The first-order valence-corrected chi connectivity index (χ1v) is 24.1. The molecule has 62 heavy (non-hydrogen) atoms. The average Bonchev–Trinajstić information content (AvgIpc) is 3.85. The van der Waals surface area contributed by atoms with Gasteiger partial charge in [-0.05, 0) is 100.0 Å². The van der Waals surface area contributed by atoms with Gasteiger partial charge in [-0.3, -0.25) is 6.08 Å². The molecule has 3 heteroatoms. The van der Waals surface area contributed by atoms with Crippen LogP contribution in [0.15, 0.2) is 139 Å². The van der Waals surface area contributed by atoms with E-state index in [0.717, 1.165) is 23.7 Å². The third kappa shape index (κ3) is 9.87. The van der Waals surface area contributed by atoms with Crippen molar-refractivity contribution in [2.45, 2.75) is 112 Å². The Labute approximate surface area is 401 Å². The van der Waals surface area contributed by atoms with E-state index in [4.69, 9.17) is 0 Å². The molecule has 0 N–H and O–H groups in total. The van der Waals surface area contributed by atoms with Crippen molar-refractivity contribution < 1.29 is 49.0 Å². The predicted octanol–water partition coefficient (Wildman–Crippen LogP) is 10.2. The van der Waals surface area contributed by atoms with Crippen LogP contribution >= 0.6 is 0 Å². The number of hydrogen-bond donors (Lipinski definition) is 0. The Balaban J connectivity index is 0.000000183. The summed E-state index contributed by atoms with van der Waals surface area (Å²) in [5, 5.41) is 5.36. The van der Waals surface area contributed by atoms with Crippen molar-refractivity contribution in [2.75, 3.05) is 0 Å². The fourth-order valence-electron chi connectivity index (χ4n) is 11.5. The molecule has 1 atom stereocenters. The molecule has 5 aliphatic rings. The molecule has 0 amide bonds. The van der Waals surface area contributed by atoms with Gasteiger partial charge in [0.15, 0.2) is 0 Å². The van der Waals surface area contributed by atoms with Crippen LogP contribution in [-0.4, -0.2) is 3.21 Å². The van der Waals surface area contributed by atoms with Gasteiger partial charge in [0.05, 0.1) is 0 Å². The average molecular weight is 937 g/mol. The van der Waals surface area contributed by atoms with E-state index in [2.05, 4.69) is 202 Å². The van der Waals surface area contributed by atoms with Gasteiger partial charge in [-0.25, -0.2) is 6.08 Å². The van der Waals surface area contributed by atoms with Gasteiger partial charge in [0.25, 0.3) is 0 Å². The molecule has 4 fully saturated rings. The molecule has 6 aromatic rings. The van der Waals surface area contributed by atoms with E-state index >= 15 is 0 Å². The maximum atomic E-state index is 3.49. The van der Waals surface area contributed by atoms with Gasteiger partial charge in [0, 0.05) is 0 Å². The quantitative estimate of drug-likeness (QED) is 0.151. The summed E-state index contributed by atoms with van der Waals surface area (Å²) in [6.07, 6.45) is 17.1. The van der Waals surface area contributed by atoms with E-state index in [1.54, 1.807) is 15.2 Å². The second-order valence-electron chi connectivity index (χ2n) is 20.9. The number of benzene rings is 5. The van der Waals surface area contributed by atoms with Crippen LogP contribution in [0, 0.1) is 41.1 Å². The number of fused-ring (bicyclic) bond motifs is 3. The largest absolute Gasteiger partial charge is 1.00 e. The molecule has 0 aliphatic heterocycles. The maximum absolute atomic E-state index is 3.49. The smallest absolute Gasteiger partial charge is 1.00 e. The monoisotopic (exact) mass is 934 g/mol. The molecule has 0 nitrogen and oxygen atoms in total. The summed E-state index contributed by atoms with van der Waals surface area (Å²) in [5.74, 6) is 4.68. The van der Waals surface area contributed by atoms with Crippen molar-refractivity contribution >= 4 is 24.8 Å². The van der Waals surface area contributed by atoms with E-state index in [1.807, 2.05) is 0 Å². The molecular formula is C59H66Cl2Zr-2. The molecule has 0 radical (unpaired) electrons. The normalized spacial score (nSPS) is 23.4. The molecule has 0 spiro atoms. The topological polar surface area (TPSA) is 0 Å². The Morgan fingerprint density at radius 2 is 1.06 bits per heavy atom. The molecule has 322 valence electrons. The van der Waals surface area contributed by atoms with Crippen molar-refractivity contribution in [1.29, 1.82) is 0 Å². The van der Waals surface area contributed by atoms with Gasteiger partial charge in [-0.2, -0.15) is 11.6 Å². The minimum absolute atomic E-state index is 0. The maximum Gasteiger partial charge on any atom is -1.00 e. The van der Waals surface area contributed by atoms with E-state index in [-0.39, 0.29) is 35.6 Å². The first-order chi connectivity index (χ1) is 28.6. The Kier molecular flexibility index (Phi) is 15.2. The van der Waals surface area contributed by atoms with Gasteiger partial charge in [0.2, 0.25) is 0 Å². The van der Waals surface area contributed by atoms with Gasteiger partial charge in [-0.1, -0.05) is 140 Å². The third-order valence-corrected chi connectivity index (χ3v) is 16.2.